The Morgan fingerprint density at radius 2 is 2.00 bits per heavy atom. The monoisotopic (exact) mass is 152 g/mol. The molecule has 0 fully saturated rings. The molecular weight excluding hydrogens is 140 g/mol. The molecule has 0 spiro atoms. The van der Waals surface area contributed by atoms with Crippen LogP contribution < -0.4 is 11.2 Å². The van der Waals surface area contributed by atoms with Crippen molar-refractivity contribution < 1.29 is 5.21 Å². The molecule has 1 aliphatic heterocycles. The second kappa shape index (κ2) is 3.95. The number of hydrogen-bond acceptors (Lipinski definition) is 3. The number of rotatable bonds is 0. The van der Waals surface area contributed by atoms with Gasteiger partial charge in [-0.05, 0) is 18.1 Å². The van der Waals surface area contributed by atoms with Crippen molar-refractivity contribution >= 4 is 5.69 Å². The van der Waals surface area contributed by atoms with Gasteiger partial charge in [-0.3, -0.25) is 0 Å². The van der Waals surface area contributed by atoms with Crippen LogP contribution in [0, 0.1) is 0 Å². The van der Waals surface area contributed by atoms with Crippen LogP contribution in [0.1, 0.15) is 5.56 Å². The molecule has 60 valence electrons. The molecule has 2 rings (SSSR count). The van der Waals surface area contributed by atoms with Gasteiger partial charge in [0.15, 0.2) is 0 Å². The van der Waals surface area contributed by atoms with Gasteiger partial charge in [0.25, 0.3) is 0 Å². The zero-order valence-electron chi connectivity index (χ0n) is 6.25. The van der Waals surface area contributed by atoms with Crippen molar-refractivity contribution in [1.82, 2.24) is 0 Å². The second-order valence-corrected chi connectivity index (χ2v) is 2.33. The summed E-state index contributed by atoms with van der Waals surface area (Å²) in [5.41, 5.74) is 2.77. The molecule has 1 aromatic rings. The molecule has 0 amide bonds. The minimum absolute atomic E-state index is 1.11. The Hall–Kier alpha value is -1.06. The van der Waals surface area contributed by atoms with Crippen molar-refractivity contribution in [2.24, 2.45) is 5.90 Å². The van der Waals surface area contributed by atoms with Gasteiger partial charge >= 0.3 is 0 Å². The molecular formula is C8H12N2O. The Labute approximate surface area is 65.8 Å². The van der Waals surface area contributed by atoms with Crippen LogP contribution in [-0.4, -0.2) is 11.8 Å². The third kappa shape index (κ3) is 1.69. The first kappa shape index (κ1) is 8.04. The number of hydrogen-bond donors (Lipinski definition) is 3. The first-order valence-electron chi connectivity index (χ1n) is 3.54. The highest BCUT2D eigenvalue weighted by molar-refractivity contribution is 5.54. The second-order valence-electron chi connectivity index (χ2n) is 2.33. The smallest absolute Gasteiger partial charge is 0.0373 e. The minimum Gasteiger partial charge on any atom is -0.384 e. The number of nitrogens with two attached hydrogens (primary N) is 1. The van der Waals surface area contributed by atoms with Crippen LogP contribution in [0.2, 0.25) is 0 Å². The van der Waals surface area contributed by atoms with Gasteiger partial charge in [-0.15, -0.1) is 0 Å². The summed E-state index contributed by atoms with van der Waals surface area (Å²) >= 11 is 0. The van der Waals surface area contributed by atoms with E-state index in [1.54, 1.807) is 0 Å². The molecule has 0 saturated heterocycles. The summed E-state index contributed by atoms with van der Waals surface area (Å²) < 4.78 is 0. The van der Waals surface area contributed by atoms with Gasteiger partial charge in [-0.25, -0.2) is 5.90 Å². The Balaban J connectivity index is 0.000000281. The zero-order valence-corrected chi connectivity index (χ0v) is 6.25. The van der Waals surface area contributed by atoms with Crippen LogP contribution in [-0.2, 0) is 6.42 Å². The maximum absolute atomic E-state index is 6.50. The molecule has 0 unspecified atom stereocenters. The van der Waals surface area contributed by atoms with E-state index in [2.05, 4.69) is 35.5 Å². The zero-order chi connectivity index (χ0) is 8.10. The largest absolute Gasteiger partial charge is 0.384 e. The molecule has 0 atom stereocenters. The van der Waals surface area contributed by atoms with Gasteiger partial charge < -0.3 is 10.5 Å². The number of benzene rings is 1. The molecule has 0 aliphatic carbocycles. The fourth-order valence-corrected chi connectivity index (χ4v) is 1.24. The van der Waals surface area contributed by atoms with E-state index < -0.39 is 0 Å². The van der Waals surface area contributed by atoms with Crippen LogP contribution in [0.25, 0.3) is 0 Å². The molecule has 4 N–H and O–H groups in total. The highest BCUT2D eigenvalue weighted by Crippen LogP contribution is 2.19. The lowest BCUT2D eigenvalue weighted by Gasteiger charge is -1.94. The van der Waals surface area contributed by atoms with E-state index in [0.717, 1.165) is 6.54 Å². The standard InChI is InChI=1S/C8H9N.H3NO/c1-2-4-8-7(3-1)5-6-9-8;1-2/h1-4,9H,5-6H2;2H,1H2. The highest BCUT2D eigenvalue weighted by atomic mass is 16.4. The first-order chi connectivity index (χ1) is 5.47. The summed E-state index contributed by atoms with van der Waals surface area (Å²) in [6.45, 7) is 1.11. The normalized spacial score (nSPS) is 12.5. The van der Waals surface area contributed by atoms with E-state index in [0.29, 0.717) is 0 Å². The van der Waals surface area contributed by atoms with Gasteiger partial charge in [0, 0.05) is 12.2 Å². The summed E-state index contributed by atoms with van der Waals surface area (Å²) in [6, 6.07) is 8.46. The predicted octanol–water partition coefficient (Wildman–Crippen LogP) is 0.989. The van der Waals surface area contributed by atoms with Crippen molar-refractivity contribution in [2.45, 2.75) is 6.42 Å². The van der Waals surface area contributed by atoms with Crippen LogP contribution >= 0.6 is 0 Å². The molecule has 0 bridgehead atoms. The summed E-state index contributed by atoms with van der Waals surface area (Å²) in [7, 11) is 0. The van der Waals surface area contributed by atoms with Gasteiger partial charge in [-0.1, -0.05) is 18.2 Å². The summed E-state index contributed by atoms with van der Waals surface area (Å²) in [5, 5.41) is 9.80. The van der Waals surface area contributed by atoms with Gasteiger partial charge in [0.2, 0.25) is 0 Å². The van der Waals surface area contributed by atoms with Crippen molar-refractivity contribution in [1.29, 1.82) is 0 Å². The average Bonchev–Trinajstić information content (AvgIpc) is 2.55. The van der Waals surface area contributed by atoms with E-state index in [-0.39, 0.29) is 0 Å². The van der Waals surface area contributed by atoms with E-state index in [9.17, 15) is 0 Å². The van der Waals surface area contributed by atoms with Gasteiger partial charge in [-0.2, -0.15) is 0 Å². The SMILES string of the molecule is NO.c1ccc2c(c1)CCN2. The molecule has 3 nitrogen and oxygen atoms in total. The van der Waals surface area contributed by atoms with Crippen molar-refractivity contribution in [3.05, 3.63) is 29.8 Å². The average molecular weight is 152 g/mol. The molecule has 0 aromatic heterocycles. The molecule has 3 heteroatoms. The molecule has 0 saturated carbocycles. The third-order valence-electron chi connectivity index (χ3n) is 1.73. The fourth-order valence-electron chi connectivity index (χ4n) is 1.24. The Morgan fingerprint density at radius 3 is 2.73 bits per heavy atom. The Morgan fingerprint density at radius 1 is 1.27 bits per heavy atom. The molecule has 1 aliphatic rings. The highest BCUT2D eigenvalue weighted by Gasteiger charge is 2.05. The predicted molar refractivity (Wildman–Crippen MR) is 44.6 cm³/mol. The number of para-hydroxylation sites is 1. The fraction of sp³-hybridized carbons (Fsp3) is 0.250. The van der Waals surface area contributed by atoms with Crippen molar-refractivity contribution in [3.8, 4) is 0 Å². The summed E-state index contributed by atoms with van der Waals surface area (Å²) in [4.78, 5) is 0. The van der Waals surface area contributed by atoms with E-state index in [1.165, 1.54) is 17.7 Å². The van der Waals surface area contributed by atoms with E-state index in [1.807, 2.05) is 0 Å². The Kier molecular flexibility index (Phi) is 2.89. The topological polar surface area (TPSA) is 58.3 Å². The van der Waals surface area contributed by atoms with Crippen LogP contribution in [0.3, 0.4) is 0 Å². The van der Waals surface area contributed by atoms with Crippen LogP contribution in [0.4, 0.5) is 5.69 Å². The lowest BCUT2D eigenvalue weighted by molar-refractivity contribution is 0.311. The van der Waals surface area contributed by atoms with E-state index >= 15 is 0 Å². The van der Waals surface area contributed by atoms with Gasteiger partial charge in [0.05, 0.1) is 0 Å². The Bertz CT molecular complexity index is 202. The minimum atomic E-state index is 1.11. The first-order valence-corrected chi connectivity index (χ1v) is 3.54. The van der Waals surface area contributed by atoms with Crippen LogP contribution in [0.15, 0.2) is 24.3 Å². The van der Waals surface area contributed by atoms with E-state index in [4.69, 9.17) is 5.21 Å². The summed E-state index contributed by atoms with van der Waals surface area (Å²) in [5.74, 6) is 3.50. The third-order valence-corrected chi connectivity index (χ3v) is 1.73. The number of fused-ring (bicyclic) bond motifs is 1. The molecule has 11 heavy (non-hydrogen) atoms. The van der Waals surface area contributed by atoms with Crippen LogP contribution in [0.5, 0.6) is 0 Å². The molecule has 1 aromatic carbocycles. The maximum Gasteiger partial charge on any atom is 0.0373 e. The number of anilines is 1. The molecule has 1 heterocycles. The number of nitrogens with one attached hydrogen (secondary N) is 1. The van der Waals surface area contributed by atoms with Crippen molar-refractivity contribution in [3.63, 3.8) is 0 Å². The quantitative estimate of drug-likeness (QED) is 0.486. The lowest BCUT2D eigenvalue weighted by Crippen LogP contribution is -1.90. The van der Waals surface area contributed by atoms with Gasteiger partial charge in [0.1, 0.15) is 0 Å². The maximum atomic E-state index is 6.50. The molecule has 0 radical (unpaired) electrons. The lowest BCUT2D eigenvalue weighted by atomic mass is 10.2. The summed E-state index contributed by atoms with van der Waals surface area (Å²) in [6.07, 6.45) is 1.19. The van der Waals surface area contributed by atoms with Crippen molar-refractivity contribution in [2.75, 3.05) is 11.9 Å².